The van der Waals surface area contributed by atoms with Gasteiger partial charge in [-0.1, -0.05) is 6.08 Å². The van der Waals surface area contributed by atoms with E-state index in [2.05, 4.69) is 18.0 Å². The van der Waals surface area contributed by atoms with Crippen molar-refractivity contribution in [3.63, 3.8) is 0 Å². The summed E-state index contributed by atoms with van der Waals surface area (Å²) in [6.07, 6.45) is 2.19. The zero-order valence-electron chi connectivity index (χ0n) is 17.0. The number of hydrogen-bond donors (Lipinski definition) is 1. The van der Waals surface area contributed by atoms with E-state index in [4.69, 9.17) is 9.15 Å². The van der Waals surface area contributed by atoms with Crippen LogP contribution in [-0.4, -0.2) is 39.8 Å². The molecular formula is C21H26N4O4. The molecule has 0 spiro atoms. The second-order valence-electron chi connectivity index (χ2n) is 8.24. The van der Waals surface area contributed by atoms with Gasteiger partial charge in [-0.2, -0.15) is 5.26 Å². The van der Waals surface area contributed by atoms with Crippen LogP contribution in [0.5, 0.6) is 0 Å². The quantitative estimate of drug-likeness (QED) is 0.792. The number of carbonyl (C=O) groups excluding carboxylic acids is 1. The van der Waals surface area contributed by atoms with Gasteiger partial charge in [0.15, 0.2) is 5.58 Å². The summed E-state index contributed by atoms with van der Waals surface area (Å²) in [5.74, 6) is -0.447. The fourth-order valence-electron chi connectivity index (χ4n) is 3.38. The molecule has 0 radical (unpaired) electrons. The third-order valence-corrected chi connectivity index (χ3v) is 4.85. The number of hydrogen-bond acceptors (Lipinski definition) is 6. The average molecular weight is 398 g/mol. The van der Waals surface area contributed by atoms with Crippen LogP contribution in [0, 0.1) is 11.3 Å². The average Bonchev–Trinajstić information content (AvgIpc) is 2.96. The van der Waals surface area contributed by atoms with Crippen molar-refractivity contribution in [2.75, 3.05) is 18.4 Å². The maximum atomic E-state index is 12.3. The van der Waals surface area contributed by atoms with Gasteiger partial charge in [0.25, 0.3) is 0 Å². The Morgan fingerprint density at radius 2 is 2.10 bits per heavy atom. The number of amides is 1. The first-order valence-corrected chi connectivity index (χ1v) is 9.58. The van der Waals surface area contributed by atoms with Gasteiger partial charge in [-0.15, -0.1) is 6.58 Å². The van der Waals surface area contributed by atoms with Gasteiger partial charge >= 0.3 is 11.8 Å². The molecule has 8 heteroatoms. The number of nitriles is 1. The van der Waals surface area contributed by atoms with Crippen molar-refractivity contribution in [2.24, 2.45) is 0 Å². The van der Waals surface area contributed by atoms with Gasteiger partial charge in [-0.3, -0.25) is 4.57 Å². The third kappa shape index (κ3) is 4.45. The van der Waals surface area contributed by atoms with E-state index in [0.717, 1.165) is 0 Å². The van der Waals surface area contributed by atoms with Crippen LogP contribution in [0.25, 0.3) is 11.1 Å². The van der Waals surface area contributed by atoms with Gasteiger partial charge in [-0.05, 0) is 32.9 Å². The standard InChI is InChI=1S/C21H26N4O4/c1-5-10-25-16-7-6-15(13-17(16)28-19(25)27)23-21(14-22)8-11-24(12-9-21)18(26)29-20(2,3)4/h5-7,13,23H,1,8-12H2,2-4H3. The van der Waals surface area contributed by atoms with E-state index in [-0.39, 0.29) is 6.09 Å². The number of carbonyl (C=O) groups is 1. The topological polar surface area (TPSA) is 101 Å². The van der Waals surface area contributed by atoms with Crippen LogP contribution in [0.4, 0.5) is 10.5 Å². The normalized spacial score (nSPS) is 16.3. The molecule has 0 saturated carbocycles. The van der Waals surface area contributed by atoms with E-state index in [1.54, 1.807) is 23.1 Å². The lowest BCUT2D eigenvalue weighted by Crippen LogP contribution is -2.51. The first kappa shape index (κ1) is 20.5. The van der Waals surface area contributed by atoms with Crippen molar-refractivity contribution in [3.8, 4) is 6.07 Å². The van der Waals surface area contributed by atoms with E-state index in [0.29, 0.717) is 49.3 Å². The number of nitrogens with one attached hydrogen (secondary N) is 1. The number of allylic oxidation sites excluding steroid dienone is 1. The Balaban J connectivity index is 1.74. The van der Waals surface area contributed by atoms with Crippen LogP contribution < -0.4 is 11.1 Å². The van der Waals surface area contributed by atoms with Crippen molar-refractivity contribution in [1.29, 1.82) is 5.26 Å². The van der Waals surface area contributed by atoms with E-state index < -0.39 is 16.9 Å². The molecule has 2 heterocycles. The molecule has 2 aromatic rings. The predicted octanol–water partition coefficient (Wildman–Crippen LogP) is 3.49. The van der Waals surface area contributed by atoms with Gasteiger partial charge in [0.2, 0.25) is 0 Å². The molecule has 8 nitrogen and oxygen atoms in total. The highest BCUT2D eigenvalue weighted by Crippen LogP contribution is 2.29. The van der Waals surface area contributed by atoms with Crippen molar-refractivity contribution in [2.45, 2.75) is 51.3 Å². The van der Waals surface area contributed by atoms with Gasteiger partial charge in [-0.25, -0.2) is 9.59 Å². The molecule has 1 aromatic carbocycles. The summed E-state index contributed by atoms with van der Waals surface area (Å²) >= 11 is 0. The SMILES string of the molecule is C=CCn1c(=O)oc2cc(NC3(C#N)CCN(C(=O)OC(C)(C)C)CC3)ccc21. The first-order chi connectivity index (χ1) is 13.7. The van der Waals surface area contributed by atoms with Gasteiger partial charge < -0.3 is 19.4 Å². The molecule has 1 amide bonds. The number of likely N-dealkylation sites (tertiary alicyclic amines) is 1. The number of aromatic nitrogens is 1. The first-order valence-electron chi connectivity index (χ1n) is 9.58. The Labute approximate surface area is 169 Å². The summed E-state index contributed by atoms with van der Waals surface area (Å²) in [6, 6.07) is 7.68. The molecule has 154 valence electrons. The van der Waals surface area contributed by atoms with Crippen LogP contribution in [0.1, 0.15) is 33.6 Å². The van der Waals surface area contributed by atoms with E-state index in [1.165, 1.54) is 4.57 Å². The summed E-state index contributed by atoms with van der Waals surface area (Å²) in [5, 5.41) is 13.1. The summed E-state index contributed by atoms with van der Waals surface area (Å²) < 4.78 is 12.2. The van der Waals surface area contributed by atoms with Crippen LogP contribution in [0.2, 0.25) is 0 Å². The molecule has 29 heavy (non-hydrogen) atoms. The number of ether oxygens (including phenoxy) is 1. The molecule has 1 fully saturated rings. The van der Waals surface area contributed by atoms with Crippen molar-refractivity contribution >= 4 is 22.9 Å². The molecule has 0 aliphatic carbocycles. The Hall–Kier alpha value is -3.21. The lowest BCUT2D eigenvalue weighted by molar-refractivity contribution is 0.0195. The maximum absolute atomic E-state index is 12.3. The van der Waals surface area contributed by atoms with E-state index >= 15 is 0 Å². The highest BCUT2D eigenvalue weighted by Gasteiger charge is 2.37. The van der Waals surface area contributed by atoms with E-state index in [9.17, 15) is 14.9 Å². The minimum absolute atomic E-state index is 0.362. The number of piperidine rings is 1. The lowest BCUT2D eigenvalue weighted by Gasteiger charge is -2.38. The van der Waals surface area contributed by atoms with Gasteiger partial charge in [0.1, 0.15) is 11.1 Å². The summed E-state index contributed by atoms with van der Waals surface area (Å²) in [6.45, 7) is 10.3. The number of nitrogens with zero attached hydrogens (tertiary/aromatic N) is 3. The monoisotopic (exact) mass is 398 g/mol. The fraction of sp³-hybridized carbons (Fsp3) is 0.476. The zero-order chi connectivity index (χ0) is 21.2. The number of anilines is 1. The van der Waals surface area contributed by atoms with Crippen LogP contribution >= 0.6 is 0 Å². The number of fused-ring (bicyclic) bond motifs is 1. The molecule has 1 aliphatic rings. The largest absolute Gasteiger partial charge is 0.444 e. The zero-order valence-corrected chi connectivity index (χ0v) is 17.0. The molecule has 0 atom stereocenters. The third-order valence-electron chi connectivity index (χ3n) is 4.85. The Kier molecular flexibility index (Phi) is 5.42. The fourth-order valence-corrected chi connectivity index (χ4v) is 3.38. The molecule has 1 aliphatic heterocycles. The van der Waals surface area contributed by atoms with Crippen LogP contribution in [-0.2, 0) is 11.3 Å². The second-order valence-corrected chi connectivity index (χ2v) is 8.24. The summed E-state index contributed by atoms with van der Waals surface area (Å²) in [7, 11) is 0. The Morgan fingerprint density at radius 1 is 1.41 bits per heavy atom. The Bertz CT molecular complexity index is 1010. The van der Waals surface area contributed by atoms with Crippen molar-refractivity contribution < 1.29 is 13.9 Å². The summed E-state index contributed by atoms with van der Waals surface area (Å²) in [4.78, 5) is 25.9. The van der Waals surface area contributed by atoms with Crippen molar-refractivity contribution in [1.82, 2.24) is 9.47 Å². The smallest absolute Gasteiger partial charge is 0.420 e. The second kappa shape index (κ2) is 7.66. The molecule has 1 saturated heterocycles. The molecule has 0 unspecified atom stereocenters. The highest BCUT2D eigenvalue weighted by molar-refractivity contribution is 5.78. The summed E-state index contributed by atoms with van der Waals surface area (Å²) in [5.41, 5.74) is 0.438. The maximum Gasteiger partial charge on any atom is 0.420 e. The molecule has 3 rings (SSSR count). The van der Waals surface area contributed by atoms with Crippen LogP contribution in [0.15, 0.2) is 40.1 Å². The van der Waals surface area contributed by atoms with Crippen molar-refractivity contribution in [3.05, 3.63) is 41.4 Å². The predicted molar refractivity (Wildman–Crippen MR) is 110 cm³/mol. The molecular weight excluding hydrogens is 372 g/mol. The minimum atomic E-state index is -0.809. The molecule has 0 bridgehead atoms. The molecule has 1 N–H and O–H groups in total. The number of oxazole rings is 1. The van der Waals surface area contributed by atoms with E-state index in [1.807, 2.05) is 26.8 Å². The van der Waals surface area contributed by atoms with Gasteiger partial charge in [0, 0.05) is 44.2 Å². The minimum Gasteiger partial charge on any atom is -0.444 e. The number of rotatable bonds is 4. The molecule has 1 aromatic heterocycles. The van der Waals surface area contributed by atoms with Gasteiger partial charge in [0.05, 0.1) is 11.6 Å². The highest BCUT2D eigenvalue weighted by atomic mass is 16.6. The number of benzene rings is 1. The van der Waals surface area contributed by atoms with Crippen LogP contribution in [0.3, 0.4) is 0 Å². The Morgan fingerprint density at radius 3 is 2.69 bits per heavy atom. The lowest BCUT2D eigenvalue weighted by atomic mass is 9.88.